The van der Waals surface area contributed by atoms with Gasteiger partial charge in [-0.3, -0.25) is 4.98 Å². The molecule has 2 aliphatic rings. The van der Waals surface area contributed by atoms with Crippen molar-refractivity contribution >= 4 is 51.6 Å². The number of nitrogens with zero attached hydrogens (tertiary/aromatic N) is 4. The van der Waals surface area contributed by atoms with Gasteiger partial charge in [0.15, 0.2) is 0 Å². The highest BCUT2D eigenvalue weighted by atomic mass is 127. The number of hydrogen-bond donors (Lipinski definition) is 0. The number of aliphatic imine (C=N–C) groups is 1. The van der Waals surface area contributed by atoms with Crippen LogP contribution in [-0.2, 0) is 10.3 Å². The number of aromatic nitrogens is 2. The SMILES string of the molecule is Cc1ncccc1-c1ccc2c(c1)[C@@]1(COCC(N(I)I)=N1)c1cc(OCC(C)(C)C)cnc1O2. The molecule has 0 saturated heterocycles. The smallest absolute Gasteiger partial charge is 0.225 e. The number of pyridine rings is 2. The zero-order chi connectivity index (χ0) is 24.8. The van der Waals surface area contributed by atoms with E-state index in [1.807, 2.05) is 32.6 Å². The standard InChI is InChI=1S/C26H26I2N4O3/c1-16-19(6-5-9-29-16)17-7-8-22-20(10-17)26(15-33-13-23(31-26)32(27)28)21-11-18(12-30-24(21)35-22)34-14-25(2,3)4/h5-12H,13-15H2,1-4H3/t26-/m0/s1. The van der Waals surface area contributed by atoms with Crippen molar-refractivity contribution in [2.45, 2.75) is 33.2 Å². The van der Waals surface area contributed by atoms with E-state index in [0.29, 0.717) is 31.5 Å². The quantitative estimate of drug-likeness (QED) is 0.226. The van der Waals surface area contributed by atoms with Crippen molar-refractivity contribution in [3.05, 3.63) is 65.6 Å². The van der Waals surface area contributed by atoms with Crippen molar-refractivity contribution in [3.63, 3.8) is 0 Å². The molecule has 0 amide bonds. The Kier molecular flexibility index (Phi) is 6.68. The molecule has 5 rings (SSSR count). The first-order chi connectivity index (χ1) is 16.7. The van der Waals surface area contributed by atoms with Gasteiger partial charge in [0, 0.05) is 23.0 Å². The molecule has 35 heavy (non-hydrogen) atoms. The summed E-state index contributed by atoms with van der Waals surface area (Å²) in [5.74, 6) is 2.77. The van der Waals surface area contributed by atoms with Crippen LogP contribution in [0.2, 0.25) is 0 Å². The zero-order valence-electron chi connectivity index (χ0n) is 20.0. The molecular weight excluding hydrogens is 670 g/mol. The highest BCUT2D eigenvalue weighted by Gasteiger charge is 2.46. The van der Waals surface area contributed by atoms with Crippen molar-refractivity contribution in [2.24, 2.45) is 10.4 Å². The first-order valence-corrected chi connectivity index (χ1v) is 13.3. The van der Waals surface area contributed by atoms with E-state index < -0.39 is 5.54 Å². The number of rotatable bonds is 3. The summed E-state index contributed by atoms with van der Waals surface area (Å²) in [6.45, 7) is 9.83. The third-order valence-corrected chi connectivity index (χ3v) is 7.06. The molecule has 3 aromatic rings. The predicted molar refractivity (Wildman–Crippen MR) is 153 cm³/mol. The summed E-state index contributed by atoms with van der Waals surface area (Å²) in [6, 6.07) is 12.2. The largest absolute Gasteiger partial charge is 0.491 e. The number of halogens is 2. The molecular formula is C26H26I2N4O3. The zero-order valence-corrected chi connectivity index (χ0v) is 24.3. The highest BCUT2D eigenvalue weighted by Crippen LogP contribution is 2.51. The van der Waals surface area contributed by atoms with Gasteiger partial charge < -0.3 is 14.2 Å². The summed E-state index contributed by atoms with van der Waals surface area (Å²) >= 11 is 4.44. The number of amidine groups is 1. The molecule has 0 bridgehead atoms. The van der Waals surface area contributed by atoms with Gasteiger partial charge in [0.05, 0.1) is 70.7 Å². The van der Waals surface area contributed by atoms with E-state index in [4.69, 9.17) is 19.2 Å². The first-order valence-electron chi connectivity index (χ1n) is 11.3. The lowest BCUT2D eigenvalue weighted by atomic mass is 9.80. The second kappa shape index (κ2) is 9.47. The van der Waals surface area contributed by atoms with E-state index in [9.17, 15) is 0 Å². The normalized spacial score (nSPS) is 18.9. The average molecular weight is 696 g/mol. The van der Waals surface area contributed by atoms with Gasteiger partial charge >= 0.3 is 0 Å². The minimum atomic E-state index is -0.814. The first kappa shape index (κ1) is 24.7. The van der Waals surface area contributed by atoms with Crippen molar-refractivity contribution in [1.82, 2.24) is 11.3 Å². The maximum absolute atomic E-state index is 6.30. The van der Waals surface area contributed by atoms with Gasteiger partial charge in [0.2, 0.25) is 5.88 Å². The van der Waals surface area contributed by atoms with E-state index in [1.165, 1.54) is 0 Å². The van der Waals surface area contributed by atoms with Gasteiger partial charge in [-0.05, 0) is 42.2 Å². The molecule has 4 heterocycles. The van der Waals surface area contributed by atoms with Crippen molar-refractivity contribution < 1.29 is 14.2 Å². The molecule has 2 aliphatic heterocycles. The second-order valence-electron chi connectivity index (χ2n) is 9.94. The number of aryl methyl sites for hydroxylation is 1. The second-order valence-corrected chi connectivity index (χ2v) is 13.7. The highest BCUT2D eigenvalue weighted by molar-refractivity contribution is 14.2. The van der Waals surface area contributed by atoms with Crippen LogP contribution in [0.1, 0.15) is 37.6 Å². The van der Waals surface area contributed by atoms with Gasteiger partial charge in [-0.25, -0.2) is 11.3 Å². The monoisotopic (exact) mass is 696 g/mol. The third kappa shape index (κ3) is 4.86. The fourth-order valence-electron chi connectivity index (χ4n) is 4.28. The Morgan fingerprint density at radius 2 is 1.94 bits per heavy atom. The number of hydrogen-bond acceptors (Lipinski definition) is 7. The summed E-state index contributed by atoms with van der Waals surface area (Å²) < 4.78 is 20.5. The Hall–Kier alpha value is -1.99. The van der Waals surface area contributed by atoms with Crippen molar-refractivity contribution in [2.75, 3.05) is 19.8 Å². The molecule has 0 saturated carbocycles. The molecule has 2 aromatic heterocycles. The Balaban J connectivity index is 1.69. The van der Waals surface area contributed by atoms with Gasteiger partial charge in [-0.2, -0.15) is 0 Å². The Morgan fingerprint density at radius 3 is 2.69 bits per heavy atom. The summed E-state index contributed by atoms with van der Waals surface area (Å²) in [7, 11) is 0. The van der Waals surface area contributed by atoms with Crippen LogP contribution in [0, 0.1) is 12.3 Å². The summed E-state index contributed by atoms with van der Waals surface area (Å²) in [5.41, 5.74) is 4.07. The molecule has 1 spiro atoms. The average Bonchev–Trinajstić information content (AvgIpc) is 2.83. The predicted octanol–water partition coefficient (Wildman–Crippen LogP) is 6.66. The maximum Gasteiger partial charge on any atom is 0.225 e. The summed E-state index contributed by atoms with van der Waals surface area (Å²) in [6.07, 6.45) is 3.53. The van der Waals surface area contributed by atoms with E-state index >= 15 is 0 Å². The lowest BCUT2D eigenvalue weighted by Gasteiger charge is -2.39. The molecule has 9 heteroatoms. The van der Waals surface area contributed by atoms with Crippen molar-refractivity contribution in [3.8, 4) is 28.5 Å². The molecule has 0 unspecified atom stereocenters. The van der Waals surface area contributed by atoms with Crippen LogP contribution in [-0.4, -0.2) is 37.0 Å². The number of fused-ring (bicyclic) bond motifs is 4. The van der Waals surface area contributed by atoms with E-state index in [-0.39, 0.29) is 5.41 Å². The Labute approximate surface area is 233 Å². The minimum Gasteiger partial charge on any atom is -0.491 e. The van der Waals surface area contributed by atoms with Crippen LogP contribution in [0.5, 0.6) is 17.4 Å². The number of benzene rings is 1. The van der Waals surface area contributed by atoms with Gasteiger partial charge in [-0.1, -0.05) is 32.9 Å². The maximum atomic E-state index is 6.30. The van der Waals surface area contributed by atoms with Crippen LogP contribution < -0.4 is 9.47 Å². The fraction of sp³-hybridized carbons (Fsp3) is 0.346. The van der Waals surface area contributed by atoms with Crippen LogP contribution >= 0.6 is 45.7 Å². The lowest BCUT2D eigenvalue weighted by molar-refractivity contribution is 0.107. The van der Waals surface area contributed by atoms with Gasteiger partial charge in [0.1, 0.15) is 29.5 Å². The van der Waals surface area contributed by atoms with Gasteiger partial charge in [0.25, 0.3) is 0 Å². The molecule has 0 radical (unpaired) electrons. The molecule has 1 aromatic carbocycles. The lowest BCUT2D eigenvalue weighted by Crippen LogP contribution is -2.42. The topological polar surface area (TPSA) is 69.1 Å². The van der Waals surface area contributed by atoms with Crippen LogP contribution in [0.4, 0.5) is 0 Å². The Morgan fingerprint density at radius 1 is 1.11 bits per heavy atom. The summed E-state index contributed by atoms with van der Waals surface area (Å²) in [4.78, 5) is 14.4. The summed E-state index contributed by atoms with van der Waals surface area (Å²) in [5, 5.41) is 0. The molecule has 0 N–H and O–H groups in total. The van der Waals surface area contributed by atoms with Crippen LogP contribution in [0.3, 0.4) is 0 Å². The van der Waals surface area contributed by atoms with E-state index in [2.05, 4.69) is 94.7 Å². The van der Waals surface area contributed by atoms with Crippen LogP contribution in [0.25, 0.3) is 11.1 Å². The van der Waals surface area contributed by atoms with E-state index in [1.54, 1.807) is 6.20 Å². The van der Waals surface area contributed by atoms with Crippen LogP contribution in [0.15, 0.2) is 53.8 Å². The molecule has 7 nitrogen and oxygen atoms in total. The molecule has 1 atom stereocenters. The number of ether oxygens (including phenoxy) is 3. The Bertz CT molecular complexity index is 1310. The van der Waals surface area contributed by atoms with Crippen molar-refractivity contribution in [1.29, 1.82) is 0 Å². The van der Waals surface area contributed by atoms with E-state index in [0.717, 1.165) is 39.5 Å². The molecule has 0 aliphatic carbocycles. The third-order valence-electron chi connectivity index (χ3n) is 5.95. The molecule has 182 valence electrons. The fourth-order valence-corrected chi connectivity index (χ4v) is 4.77. The van der Waals surface area contributed by atoms with Gasteiger partial charge in [-0.15, -0.1) is 0 Å². The minimum absolute atomic E-state index is 0.0232. The molecule has 0 fully saturated rings.